The number of benzene rings is 2. The van der Waals surface area contributed by atoms with Gasteiger partial charge >= 0.3 is 29.8 Å². The molecule has 6 N–H and O–H groups in total. The Morgan fingerprint density at radius 1 is 0.851 bits per heavy atom. The number of carboxylic acid groups (broad SMARTS) is 4. The first-order valence-corrected chi connectivity index (χ1v) is 14.9. The zero-order chi connectivity index (χ0) is 34.4. The van der Waals surface area contributed by atoms with Gasteiger partial charge in [0.05, 0.1) is 22.3 Å². The number of esters is 1. The van der Waals surface area contributed by atoms with Gasteiger partial charge < -0.3 is 35.8 Å². The van der Waals surface area contributed by atoms with Crippen molar-refractivity contribution < 1.29 is 63.5 Å². The molecule has 3 atom stereocenters. The van der Waals surface area contributed by atoms with Gasteiger partial charge in [-0.1, -0.05) is 24.3 Å². The van der Waals surface area contributed by atoms with E-state index in [1.807, 2.05) is 0 Å². The quantitative estimate of drug-likeness (QED) is 0.121. The van der Waals surface area contributed by atoms with E-state index in [0.29, 0.717) is 0 Å². The molecule has 2 aromatic carbocycles. The zero-order valence-corrected chi connectivity index (χ0v) is 25.0. The second-order valence-corrected chi connectivity index (χ2v) is 11.4. The maximum Gasteiger partial charge on any atom is 0.352 e. The maximum absolute atomic E-state index is 12.9. The van der Waals surface area contributed by atoms with Crippen molar-refractivity contribution in [1.29, 1.82) is 0 Å². The zero-order valence-electron chi connectivity index (χ0n) is 24.2. The fourth-order valence-corrected chi connectivity index (χ4v) is 6.27. The van der Waals surface area contributed by atoms with Gasteiger partial charge in [0, 0.05) is 17.7 Å². The lowest BCUT2D eigenvalue weighted by Crippen LogP contribution is -2.70. The van der Waals surface area contributed by atoms with Gasteiger partial charge in [-0.05, 0) is 37.1 Å². The molecule has 2 heterocycles. The number of fused-ring (bicyclic) bond motifs is 1. The van der Waals surface area contributed by atoms with E-state index in [-0.39, 0.29) is 52.8 Å². The van der Waals surface area contributed by atoms with Crippen LogP contribution >= 0.6 is 11.8 Å². The number of carboxylic acids is 4. The van der Waals surface area contributed by atoms with Crippen LogP contribution in [-0.2, 0) is 23.9 Å². The van der Waals surface area contributed by atoms with Gasteiger partial charge in [0.15, 0.2) is 0 Å². The van der Waals surface area contributed by atoms with Gasteiger partial charge in [0.25, 0.3) is 11.8 Å². The number of hydrogen-bond donors (Lipinski definition) is 6. The Morgan fingerprint density at radius 3 is 2.00 bits per heavy atom. The van der Waals surface area contributed by atoms with Crippen molar-refractivity contribution in [3.05, 3.63) is 82.1 Å². The third kappa shape index (κ3) is 7.58. The molecular formula is C30H27N3O13S. The van der Waals surface area contributed by atoms with E-state index in [0.717, 1.165) is 16.7 Å². The minimum absolute atomic E-state index is 0.0152. The Kier molecular flexibility index (Phi) is 10.6. The highest BCUT2D eigenvalue weighted by atomic mass is 32.2. The molecule has 0 aromatic heterocycles. The average Bonchev–Trinajstić information content (AvgIpc) is 3.04. The molecule has 1 unspecified atom stereocenters. The number of aromatic carboxylic acids is 2. The summed E-state index contributed by atoms with van der Waals surface area (Å²) in [6.07, 6.45) is -0.475. The molecule has 1 saturated heterocycles. The fourth-order valence-electron chi connectivity index (χ4n) is 4.95. The molecule has 0 saturated carbocycles. The van der Waals surface area contributed by atoms with Crippen LogP contribution in [-0.4, -0.2) is 103 Å². The number of ether oxygens (including phenoxy) is 1. The summed E-state index contributed by atoms with van der Waals surface area (Å²) in [6, 6.07) is 8.04. The largest absolute Gasteiger partial charge is 0.480 e. The summed E-state index contributed by atoms with van der Waals surface area (Å²) in [5, 5.41) is 41.9. The van der Waals surface area contributed by atoms with Gasteiger partial charge in [-0.2, -0.15) is 0 Å². The van der Waals surface area contributed by atoms with Crippen molar-refractivity contribution in [3.8, 4) is 0 Å². The summed E-state index contributed by atoms with van der Waals surface area (Å²) in [5.41, 5.74) is -1.42. The van der Waals surface area contributed by atoms with E-state index in [1.54, 1.807) is 0 Å². The van der Waals surface area contributed by atoms with Crippen LogP contribution in [0.15, 0.2) is 59.8 Å². The van der Waals surface area contributed by atoms with Crippen LogP contribution in [0.3, 0.4) is 0 Å². The molecule has 246 valence electrons. The Morgan fingerprint density at radius 2 is 1.43 bits per heavy atom. The maximum atomic E-state index is 12.9. The summed E-state index contributed by atoms with van der Waals surface area (Å²) in [5.74, 6) is -8.88. The number of hydrogen-bond acceptors (Lipinski definition) is 10. The molecule has 16 nitrogen and oxygen atoms in total. The van der Waals surface area contributed by atoms with Crippen LogP contribution in [0.25, 0.3) is 0 Å². The predicted molar refractivity (Wildman–Crippen MR) is 160 cm³/mol. The van der Waals surface area contributed by atoms with Gasteiger partial charge in [-0.3, -0.25) is 19.3 Å². The second kappa shape index (κ2) is 14.6. The first kappa shape index (κ1) is 34.2. The van der Waals surface area contributed by atoms with Gasteiger partial charge in [0.2, 0.25) is 5.91 Å². The molecule has 2 aromatic rings. The highest BCUT2D eigenvalue weighted by Gasteiger charge is 2.54. The van der Waals surface area contributed by atoms with Crippen molar-refractivity contribution in [2.24, 2.45) is 0 Å². The lowest BCUT2D eigenvalue weighted by atomic mass is 10.0. The first-order chi connectivity index (χ1) is 22.3. The molecule has 47 heavy (non-hydrogen) atoms. The molecule has 2 aliphatic heterocycles. The molecule has 1 fully saturated rings. The Hall–Kier alpha value is -5.71. The number of rotatable bonds is 14. The van der Waals surface area contributed by atoms with Crippen LogP contribution in [0.1, 0.15) is 60.7 Å². The van der Waals surface area contributed by atoms with Crippen molar-refractivity contribution >= 4 is 59.3 Å². The lowest BCUT2D eigenvalue weighted by molar-refractivity contribution is -0.150. The Bertz CT molecular complexity index is 1710. The molecule has 2 aliphatic rings. The van der Waals surface area contributed by atoms with Crippen LogP contribution in [0.2, 0.25) is 0 Å². The number of nitrogens with one attached hydrogen (secondary N) is 2. The minimum Gasteiger partial charge on any atom is -0.480 e. The lowest BCUT2D eigenvalue weighted by Gasteiger charge is -2.49. The number of carbonyl (C=O) groups is 8. The van der Waals surface area contributed by atoms with Crippen molar-refractivity contribution in [2.75, 3.05) is 12.4 Å². The predicted octanol–water partition coefficient (Wildman–Crippen LogP) is 1.03. The Balaban J connectivity index is 1.32. The smallest absolute Gasteiger partial charge is 0.352 e. The molecule has 0 spiro atoms. The molecule has 3 amide bonds. The third-order valence-corrected chi connectivity index (χ3v) is 8.56. The molecule has 0 aliphatic carbocycles. The number of carbonyl (C=O) groups excluding carboxylic acids is 4. The first-order valence-electron chi connectivity index (χ1n) is 13.9. The number of β-lactam (4-membered cyclic amide) rings is 1. The summed E-state index contributed by atoms with van der Waals surface area (Å²) in [6.45, 7) is -0.530. The van der Waals surface area contributed by atoms with E-state index in [1.165, 1.54) is 48.5 Å². The standard InChI is InChI=1S/C30H27N3O13S/c34-20(11-5-10-19(28(41)42)31-23(35)15-6-1-2-7-16(15)26(37)38)32-21-24(36)33-22(29(43)44)14(13-47-25(21)33)12-46-30(45)18-9-4-3-8-17(18)27(39)40/h1-4,6-9,19,21,25H,5,10-13H2,(H,31,35)(H,32,34)(H,37,38)(H,39,40)(H,41,42)(H,43,44)/t19?,21-,25+/m1/s1. The van der Waals surface area contributed by atoms with E-state index in [2.05, 4.69) is 10.6 Å². The van der Waals surface area contributed by atoms with E-state index < -0.39 is 77.3 Å². The van der Waals surface area contributed by atoms with Crippen molar-refractivity contribution in [1.82, 2.24) is 15.5 Å². The van der Waals surface area contributed by atoms with E-state index in [9.17, 15) is 58.8 Å². The van der Waals surface area contributed by atoms with Crippen LogP contribution in [0.4, 0.5) is 0 Å². The minimum atomic E-state index is -1.47. The molecule has 17 heteroatoms. The summed E-state index contributed by atoms with van der Waals surface area (Å²) in [4.78, 5) is 98.2. The number of thioether (sulfide) groups is 1. The molecule has 0 bridgehead atoms. The highest BCUT2D eigenvalue weighted by Crippen LogP contribution is 2.40. The van der Waals surface area contributed by atoms with Crippen molar-refractivity contribution in [3.63, 3.8) is 0 Å². The average molecular weight is 670 g/mol. The van der Waals surface area contributed by atoms with Crippen molar-refractivity contribution in [2.45, 2.75) is 36.7 Å². The highest BCUT2D eigenvalue weighted by molar-refractivity contribution is 8.00. The second-order valence-electron chi connectivity index (χ2n) is 10.2. The number of nitrogens with zero attached hydrogens (tertiary/aromatic N) is 1. The van der Waals surface area contributed by atoms with Gasteiger partial charge in [-0.15, -0.1) is 11.8 Å². The summed E-state index contributed by atoms with van der Waals surface area (Å²) < 4.78 is 5.18. The topological polar surface area (TPSA) is 254 Å². The fraction of sp³-hybridized carbons (Fsp3) is 0.267. The molecular weight excluding hydrogens is 642 g/mol. The molecule has 0 radical (unpaired) electrons. The number of aliphatic carboxylic acids is 2. The van der Waals surface area contributed by atoms with Crippen LogP contribution in [0.5, 0.6) is 0 Å². The monoisotopic (exact) mass is 669 g/mol. The van der Waals surface area contributed by atoms with Gasteiger partial charge in [0.1, 0.15) is 29.8 Å². The van der Waals surface area contributed by atoms with E-state index in [4.69, 9.17) is 4.74 Å². The number of amides is 3. The Labute approximate surface area is 269 Å². The van der Waals surface area contributed by atoms with Gasteiger partial charge in [-0.25, -0.2) is 24.0 Å². The van der Waals surface area contributed by atoms with E-state index >= 15 is 0 Å². The summed E-state index contributed by atoms with van der Waals surface area (Å²) in [7, 11) is 0. The summed E-state index contributed by atoms with van der Waals surface area (Å²) >= 11 is 1.11. The molecule has 4 rings (SSSR count). The third-order valence-electron chi connectivity index (χ3n) is 7.22. The van der Waals surface area contributed by atoms with Crippen LogP contribution in [0, 0.1) is 0 Å². The normalized spacial score (nSPS) is 17.4. The SMILES string of the molecule is O=C(CCCC(NC(=O)c1ccccc1C(=O)O)C(=O)O)N[C@@H]1C(=O)N2C(C(=O)O)=C(COC(=O)c3ccccc3C(=O)O)CS[C@@H]12. The van der Waals surface area contributed by atoms with Crippen LogP contribution < -0.4 is 10.6 Å².